The van der Waals surface area contributed by atoms with Crippen LogP contribution in [0.1, 0.15) is 11.1 Å². The molecular formula is C8H7ClN2. The number of nitrogens with two attached hydrogens (primary N) is 1. The van der Waals surface area contributed by atoms with Crippen molar-refractivity contribution in [2.45, 2.75) is 6.92 Å². The van der Waals surface area contributed by atoms with Gasteiger partial charge in [-0.05, 0) is 24.6 Å². The van der Waals surface area contributed by atoms with E-state index in [1.54, 1.807) is 19.1 Å². The second-order valence-electron chi connectivity index (χ2n) is 2.25. The summed E-state index contributed by atoms with van der Waals surface area (Å²) >= 11 is 5.75. The average molecular weight is 167 g/mol. The molecule has 0 aliphatic heterocycles. The van der Waals surface area contributed by atoms with Gasteiger partial charge in [0.05, 0.1) is 11.3 Å². The number of hydrogen-bond acceptors (Lipinski definition) is 2. The van der Waals surface area contributed by atoms with Gasteiger partial charge in [-0.15, -0.1) is 0 Å². The van der Waals surface area contributed by atoms with Gasteiger partial charge in [0, 0.05) is 5.02 Å². The first-order valence-electron chi connectivity index (χ1n) is 3.11. The van der Waals surface area contributed by atoms with E-state index in [0.717, 1.165) is 5.56 Å². The number of anilines is 1. The third-order valence-electron chi connectivity index (χ3n) is 1.57. The Bertz CT molecular complexity index is 326. The first kappa shape index (κ1) is 7.90. The van der Waals surface area contributed by atoms with Crippen LogP contribution in [0.4, 0.5) is 5.69 Å². The Morgan fingerprint density at radius 3 is 2.73 bits per heavy atom. The third-order valence-corrected chi connectivity index (χ3v) is 1.98. The van der Waals surface area contributed by atoms with Crippen LogP contribution in [0.15, 0.2) is 12.1 Å². The number of hydrogen-bond donors (Lipinski definition) is 1. The van der Waals surface area contributed by atoms with Crippen LogP contribution in [0.25, 0.3) is 0 Å². The van der Waals surface area contributed by atoms with Crippen molar-refractivity contribution < 1.29 is 0 Å². The van der Waals surface area contributed by atoms with Crippen molar-refractivity contribution in [3.63, 3.8) is 0 Å². The number of halogens is 1. The topological polar surface area (TPSA) is 49.8 Å². The van der Waals surface area contributed by atoms with E-state index in [0.29, 0.717) is 16.3 Å². The Hall–Kier alpha value is -1.20. The zero-order chi connectivity index (χ0) is 8.43. The smallest absolute Gasteiger partial charge is 0.101 e. The van der Waals surface area contributed by atoms with Gasteiger partial charge in [-0.1, -0.05) is 11.6 Å². The van der Waals surface area contributed by atoms with Crippen molar-refractivity contribution in [1.29, 1.82) is 5.26 Å². The highest BCUT2D eigenvalue weighted by atomic mass is 35.5. The summed E-state index contributed by atoms with van der Waals surface area (Å²) in [5, 5.41) is 9.16. The van der Waals surface area contributed by atoms with Gasteiger partial charge >= 0.3 is 0 Å². The minimum atomic E-state index is 0.472. The number of benzene rings is 1. The highest BCUT2D eigenvalue weighted by molar-refractivity contribution is 6.31. The first-order valence-corrected chi connectivity index (χ1v) is 3.49. The molecule has 0 aromatic heterocycles. The maximum absolute atomic E-state index is 8.56. The lowest BCUT2D eigenvalue weighted by molar-refractivity contribution is 1.42. The van der Waals surface area contributed by atoms with Crippen molar-refractivity contribution in [2.75, 3.05) is 5.73 Å². The normalized spacial score (nSPS) is 9.18. The second kappa shape index (κ2) is 2.81. The lowest BCUT2D eigenvalue weighted by Crippen LogP contribution is -1.93. The van der Waals surface area contributed by atoms with Crippen molar-refractivity contribution in [3.05, 3.63) is 28.3 Å². The van der Waals surface area contributed by atoms with Crippen molar-refractivity contribution in [2.24, 2.45) is 0 Å². The fourth-order valence-corrected chi connectivity index (χ4v) is 0.964. The molecular weight excluding hydrogens is 160 g/mol. The van der Waals surface area contributed by atoms with Crippen molar-refractivity contribution >= 4 is 17.3 Å². The average Bonchev–Trinajstić information content (AvgIpc) is 2.01. The van der Waals surface area contributed by atoms with E-state index in [1.807, 2.05) is 6.07 Å². The molecule has 0 saturated carbocycles. The number of nitrogens with zero attached hydrogens (tertiary/aromatic N) is 1. The fraction of sp³-hybridized carbons (Fsp3) is 0.125. The van der Waals surface area contributed by atoms with Crippen molar-refractivity contribution in [1.82, 2.24) is 0 Å². The van der Waals surface area contributed by atoms with Crippen LogP contribution in [0, 0.1) is 18.3 Å². The van der Waals surface area contributed by atoms with Crippen LogP contribution in [-0.2, 0) is 0 Å². The van der Waals surface area contributed by atoms with Gasteiger partial charge in [0.1, 0.15) is 6.07 Å². The van der Waals surface area contributed by atoms with Gasteiger partial charge in [-0.2, -0.15) is 5.26 Å². The quantitative estimate of drug-likeness (QED) is 0.600. The van der Waals surface area contributed by atoms with E-state index in [4.69, 9.17) is 22.6 Å². The molecule has 1 rings (SSSR count). The molecule has 2 N–H and O–H groups in total. The Morgan fingerprint density at radius 2 is 2.18 bits per heavy atom. The molecule has 0 radical (unpaired) electrons. The van der Waals surface area contributed by atoms with E-state index >= 15 is 0 Å². The maximum atomic E-state index is 8.56. The number of nitrogen functional groups attached to an aromatic ring is 1. The van der Waals surface area contributed by atoms with Gasteiger partial charge in [0.2, 0.25) is 0 Å². The van der Waals surface area contributed by atoms with Gasteiger partial charge < -0.3 is 5.73 Å². The molecule has 0 saturated heterocycles. The lowest BCUT2D eigenvalue weighted by Gasteiger charge is -2.02. The molecule has 0 atom stereocenters. The lowest BCUT2D eigenvalue weighted by atomic mass is 10.1. The standard InChI is InChI=1S/C8H7ClN2/c1-5-7(9)3-2-6(4-10)8(5)11/h2-3H,11H2,1H3. The fourth-order valence-electron chi connectivity index (χ4n) is 0.799. The van der Waals surface area contributed by atoms with E-state index in [1.165, 1.54) is 0 Å². The summed E-state index contributed by atoms with van der Waals surface area (Å²) < 4.78 is 0. The molecule has 0 heterocycles. The molecule has 0 fully saturated rings. The van der Waals surface area contributed by atoms with Gasteiger partial charge in [0.15, 0.2) is 0 Å². The van der Waals surface area contributed by atoms with Crippen LogP contribution < -0.4 is 5.73 Å². The van der Waals surface area contributed by atoms with Crippen LogP contribution in [0.2, 0.25) is 5.02 Å². The predicted octanol–water partition coefficient (Wildman–Crippen LogP) is 2.10. The molecule has 2 nitrogen and oxygen atoms in total. The highest BCUT2D eigenvalue weighted by Crippen LogP contribution is 2.23. The highest BCUT2D eigenvalue weighted by Gasteiger charge is 2.03. The van der Waals surface area contributed by atoms with Crippen LogP contribution in [0.5, 0.6) is 0 Å². The zero-order valence-electron chi connectivity index (χ0n) is 6.06. The number of rotatable bonds is 0. The van der Waals surface area contributed by atoms with E-state index in [9.17, 15) is 0 Å². The second-order valence-corrected chi connectivity index (χ2v) is 2.65. The van der Waals surface area contributed by atoms with E-state index in [-0.39, 0.29) is 0 Å². The molecule has 0 aliphatic carbocycles. The summed E-state index contributed by atoms with van der Waals surface area (Å²) in [5.74, 6) is 0. The van der Waals surface area contributed by atoms with Crippen LogP contribution >= 0.6 is 11.6 Å². The Labute approximate surface area is 70.2 Å². The Morgan fingerprint density at radius 1 is 1.55 bits per heavy atom. The first-order chi connectivity index (χ1) is 5.16. The molecule has 0 bridgehead atoms. The molecule has 0 unspecified atom stereocenters. The zero-order valence-corrected chi connectivity index (χ0v) is 6.81. The minimum absolute atomic E-state index is 0.472. The molecule has 56 valence electrons. The molecule has 0 spiro atoms. The molecule has 1 aromatic carbocycles. The summed E-state index contributed by atoms with van der Waals surface area (Å²) in [6.07, 6.45) is 0. The van der Waals surface area contributed by atoms with Crippen molar-refractivity contribution in [3.8, 4) is 6.07 Å². The monoisotopic (exact) mass is 166 g/mol. The summed E-state index contributed by atoms with van der Waals surface area (Å²) in [6.45, 7) is 1.79. The summed E-state index contributed by atoms with van der Waals surface area (Å²) in [6, 6.07) is 5.27. The van der Waals surface area contributed by atoms with Crippen LogP contribution in [-0.4, -0.2) is 0 Å². The molecule has 1 aromatic rings. The molecule has 0 aliphatic rings. The molecule has 3 heteroatoms. The minimum Gasteiger partial charge on any atom is -0.397 e. The van der Waals surface area contributed by atoms with E-state index in [2.05, 4.69) is 0 Å². The van der Waals surface area contributed by atoms with Crippen LogP contribution in [0.3, 0.4) is 0 Å². The number of nitriles is 1. The SMILES string of the molecule is Cc1c(Cl)ccc(C#N)c1N. The summed E-state index contributed by atoms with van der Waals surface area (Å²) in [5.41, 5.74) is 7.31. The molecule has 0 amide bonds. The van der Waals surface area contributed by atoms with E-state index < -0.39 is 0 Å². The molecule has 11 heavy (non-hydrogen) atoms. The van der Waals surface area contributed by atoms with Gasteiger partial charge in [0.25, 0.3) is 0 Å². The Balaban J connectivity index is 3.40. The maximum Gasteiger partial charge on any atom is 0.101 e. The van der Waals surface area contributed by atoms with Gasteiger partial charge in [-0.25, -0.2) is 0 Å². The third kappa shape index (κ3) is 1.28. The Kier molecular flexibility index (Phi) is 2.02. The van der Waals surface area contributed by atoms with Gasteiger partial charge in [-0.3, -0.25) is 0 Å². The summed E-state index contributed by atoms with van der Waals surface area (Å²) in [7, 11) is 0. The largest absolute Gasteiger partial charge is 0.397 e. The summed E-state index contributed by atoms with van der Waals surface area (Å²) in [4.78, 5) is 0. The predicted molar refractivity (Wildman–Crippen MR) is 45.3 cm³/mol.